The van der Waals surface area contributed by atoms with E-state index in [1.807, 2.05) is 45.0 Å². The molecule has 0 spiro atoms. The van der Waals surface area contributed by atoms with Crippen molar-refractivity contribution in [2.45, 2.75) is 46.7 Å². The highest BCUT2D eigenvalue weighted by Crippen LogP contribution is 2.27. The van der Waals surface area contributed by atoms with E-state index in [0.717, 1.165) is 33.6 Å². The van der Waals surface area contributed by atoms with E-state index in [9.17, 15) is 9.59 Å². The summed E-state index contributed by atoms with van der Waals surface area (Å²) in [5.41, 5.74) is 7.46. The van der Waals surface area contributed by atoms with Gasteiger partial charge in [-0.2, -0.15) is 5.10 Å². The Kier molecular flexibility index (Phi) is 6.12. The quantitative estimate of drug-likeness (QED) is 0.675. The van der Waals surface area contributed by atoms with Crippen LogP contribution in [0.1, 0.15) is 28.1 Å². The molecule has 1 aromatic heterocycles. The van der Waals surface area contributed by atoms with Gasteiger partial charge in [0.05, 0.1) is 5.69 Å². The number of nitrogens with one attached hydrogen (secondary N) is 1. The predicted molar refractivity (Wildman–Crippen MR) is 125 cm³/mol. The Labute approximate surface area is 189 Å². The molecular weight excluding hydrogens is 400 g/mol. The van der Waals surface area contributed by atoms with E-state index < -0.39 is 6.04 Å². The highest BCUT2D eigenvalue weighted by molar-refractivity contribution is 5.89. The zero-order chi connectivity index (χ0) is 22.8. The fourth-order valence-electron chi connectivity index (χ4n) is 4.38. The first-order valence-corrected chi connectivity index (χ1v) is 11.1. The van der Waals surface area contributed by atoms with Gasteiger partial charge in [0.1, 0.15) is 12.6 Å². The number of aromatic nitrogens is 2. The average Bonchev–Trinajstić information content (AvgIpc) is 3.02. The van der Waals surface area contributed by atoms with Crippen molar-refractivity contribution in [1.29, 1.82) is 0 Å². The lowest BCUT2D eigenvalue weighted by Gasteiger charge is -2.35. The molecule has 4 rings (SSSR count). The van der Waals surface area contributed by atoms with Gasteiger partial charge in [-0.15, -0.1) is 0 Å². The minimum absolute atomic E-state index is 0.0801. The molecule has 0 radical (unpaired) electrons. The number of rotatable bonds is 5. The van der Waals surface area contributed by atoms with E-state index in [-0.39, 0.29) is 18.4 Å². The monoisotopic (exact) mass is 430 g/mol. The van der Waals surface area contributed by atoms with Crippen molar-refractivity contribution in [3.05, 3.63) is 76.6 Å². The number of piperazine rings is 1. The van der Waals surface area contributed by atoms with Gasteiger partial charge < -0.3 is 10.2 Å². The molecule has 166 valence electrons. The Morgan fingerprint density at radius 2 is 1.88 bits per heavy atom. The molecular formula is C26H30N4O2. The molecule has 1 aliphatic rings. The Morgan fingerprint density at radius 1 is 1.09 bits per heavy atom. The average molecular weight is 431 g/mol. The predicted octanol–water partition coefficient (Wildman–Crippen LogP) is 3.35. The molecule has 1 fully saturated rings. The summed E-state index contributed by atoms with van der Waals surface area (Å²) in [6.45, 7) is 9.12. The first-order chi connectivity index (χ1) is 15.3. The van der Waals surface area contributed by atoms with Crippen LogP contribution in [0.25, 0.3) is 11.1 Å². The van der Waals surface area contributed by atoms with Gasteiger partial charge in [-0.05, 0) is 49.9 Å². The Bertz CT molecular complexity index is 1160. The third-order valence-corrected chi connectivity index (χ3v) is 6.44. The summed E-state index contributed by atoms with van der Waals surface area (Å²) in [7, 11) is 0. The van der Waals surface area contributed by atoms with Crippen LogP contribution >= 0.6 is 0 Å². The topological polar surface area (TPSA) is 67.2 Å². The van der Waals surface area contributed by atoms with E-state index >= 15 is 0 Å². The van der Waals surface area contributed by atoms with E-state index in [4.69, 9.17) is 0 Å². The van der Waals surface area contributed by atoms with Crippen LogP contribution < -0.4 is 5.32 Å². The van der Waals surface area contributed by atoms with Crippen molar-refractivity contribution in [1.82, 2.24) is 20.0 Å². The number of carbonyl (C=O) groups is 2. The molecule has 3 aromatic rings. The Hall–Kier alpha value is -3.41. The summed E-state index contributed by atoms with van der Waals surface area (Å²) in [6, 6.07) is 15.9. The second-order valence-electron chi connectivity index (χ2n) is 8.58. The van der Waals surface area contributed by atoms with E-state index in [1.54, 1.807) is 9.58 Å². The van der Waals surface area contributed by atoms with Gasteiger partial charge in [0.25, 0.3) is 0 Å². The summed E-state index contributed by atoms with van der Waals surface area (Å²) in [4.78, 5) is 27.9. The molecule has 1 atom stereocenters. The number of hydrogen-bond acceptors (Lipinski definition) is 3. The molecule has 0 saturated carbocycles. The molecule has 0 aliphatic carbocycles. The van der Waals surface area contributed by atoms with Crippen LogP contribution in [0, 0.1) is 27.7 Å². The van der Waals surface area contributed by atoms with Crippen LogP contribution in [0.5, 0.6) is 0 Å². The molecule has 0 bridgehead atoms. The minimum Gasteiger partial charge on any atom is -0.353 e. The van der Waals surface area contributed by atoms with Crippen LogP contribution in [-0.2, 0) is 22.6 Å². The lowest BCUT2D eigenvalue weighted by Crippen LogP contribution is -2.58. The summed E-state index contributed by atoms with van der Waals surface area (Å²) in [6.07, 6.45) is 0.470. The maximum atomic E-state index is 13.3. The molecule has 1 N–H and O–H groups in total. The number of nitrogens with zero attached hydrogens (tertiary/aromatic N) is 3. The molecule has 1 saturated heterocycles. The fourth-order valence-corrected chi connectivity index (χ4v) is 4.38. The second kappa shape index (κ2) is 8.99. The molecule has 2 aromatic carbocycles. The van der Waals surface area contributed by atoms with E-state index in [1.165, 1.54) is 5.56 Å². The van der Waals surface area contributed by atoms with Crippen molar-refractivity contribution in [2.24, 2.45) is 0 Å². The summed E-state index contributed by atoms with van der Waals surface area (Å²) >= 11 is 0. The first kappa shape index (κ1) is 21.8. The lowest BCUT2D eigenvalue weighted by atomic mass is 9.93. The molecule has 1 unspecified atom stereocenters. The van der Waals surface area contributed by atoms with Gasteiger partial charge in [-0.3, -0.25) is 14.3 Å². The highest BCUT2D eigenvalue weighted by atomic mass is 16.2. The molecule has 2 amide bonds. The maximum Gasteiger partial charge on any atom is 0.245 e. The third-order valence-electron chi connectivity index (χ3n) is 6.44. The Balaban J connectivity index is 1.61. The lowest BCUT2D eigenvalue weighted by molar-refractivity contribution is -0.143. The van der Waals surface area contributed by atoms with Crippen molar-refractivity contribution < 1.29 is 9.59 Å². The number of carbonyl (C=O) groups excluding carboxylic acids is 2. The van der Waals surface area contributed by atoms with Crippen LogP contribution in [-0.4, -0.2) is 45.6 Å². The smallest absolute Gasteiger partial charge is 0.245 e. The normalized spacial score (nSPS) is 16.2. The largest absolute Gasteiger partial charge is 0.353 e. The first-order valence-electron chi connectivity index (χ1n) is 11.1. The van der Waals surface area contributed by atoms with Gasteiger partial charge in [0, 0.05) is 25.2 Å². The van der Waals surface area contributed by atoms with Crippen LogP contribution in [0.4, 0.5) is 0 Å². The van der Waals surface area contributed by atoms with Crippen molar-refractivity contribution in [3.63, 3.8) is 0 Å². The fraction of sp³-hybridized carbons (Fsp3) is 0.346. The van der Waals surface area contributed by atoms with Gasteiger partial charge in [-0.1, -0.05) is 54.1 Å². The molecule has 1 aliphatic heterocycles. The SMILES string of the molecule is Cc1cccc(-c2ccccc2CC2C(=O)NCCN2C(=O)Cn2nc(C)c(C)c2C)c1. The van der Waals surface area contributed by atoms with Crippen LogP contribution in [0.2, 0.25) is 0 Å². The maximum absolute atomic E-state index is 13.3. The molecule has 6 nitrogen and oxygen atoms in total. The number of amides is 2. The number of hydrogen-bond donors (Lipinski definition) is 1. The van der Waals surface area contributed by atoms with Crippen LogP contribution in [0.15, 0.2) is 48.5 Å². The summed E-state index contributed by atoms with van der Waals surface area (Å²) in [5, 5.41) is 7.44. The van der Waals surface area contributed by atoms with Gasteiger partial charge in [0.15, 0.2) is 0 Å². The zero-order valence-electron chi connectivity index (χ0n) is 19.2. The van der Waals surface area contributed by atoms with Gasteiger partial charge in [0.2, 0.25) is 11.8 Å². The van der Waals surface area contributed by atoms with Crippen molar-refractivity contribution in [2.75, 3.05) is 13.1 Å². The zero-order valence-corrected chi connectivity index (χ0v) is 19.2. The third kappa shape index (κ3) is 4.31. The molecule has 32 heavy (non-hydrogen) atoms. The van der Waals surface area contributed by atoms with Crippen LogP contribution in [0.3, 0.4) is 0 Å². The summed E-state index contributed by atoms with van der Waals surface area (Å²) in [5.74, 6) is -0.184. The minimum atomic E-state index is -0.541. The summed E-state index contributed by atoms with van der Waals surface area (Å²) < 4.78 is 1.75. The Morgan fingerprint density at radius 3 is 2.59 bits per heavy atom. The highest BCUT2D eigenvalue weighted by Gasteiger charge is 2.34. The van der Waals surface area contributed by atoms with Gasteiger partial charge >= 0.3 is 0 Å². The number of benzene rings is 2. The number of aryl methyl sites for hydroxylation is 2. The van der Waals surface area contributed by atoms with E-state index in [0.29, 0.717) is 19.5 Å². The van der Waals surface area contributed by atoms with Gasteiger partial charge in [-0.25, -0.2) is 0 Å². The van der Waals surface area contributed by atoms with Crippen molar-refractivity contribution in [3.8, 4) is 11.1 Å². The standard InChI is InChI=1S/C26H30N4O2/c1-17-8-7-10-21(14-17)23-11-6-5-9-22(23)15-24-26(32)27-12-13-29(24)25(31)16-30-20(4)18(2)19(3)28-30/h5-11,14,24H,12-13,15-16H2,1-4H3,(H,27,32). The molecule has 2 heterocycles. The molecule has 6 heteroatoms. The second-order valence-corrected chi connectivity index (χ2v) is 8.58. The van der Waals surface area contributed by atoms with E-state index in [2.05, 4.69) is 41.6 Å². The van der Waals surface area contributed by atoms with Crippen molar-refractivity contribution >= 4 is 11.8 Å².